The van der Waals surface area contributed by atoms with E-state index >= 15 is 0 Å². The lowest BCUT2D eigenvalue weighted by Gasteiger charge is -1.89. The molecule has 4 heteroatoms. The summed E-state index contributed by atoms with van der Waals surface area (Å²) in [7, 11) is 0. The second-order valence-electron chi connectivity index (χ2n) is 1.96. The number of hydrogen-bond donors (Lipinski definition) is 2. The Bertz CT molecular complexity index is 274. The van der Waals surface area contributed by atoms with Crippen LogP contribution >= 0.6 is 0 Å². The van der Waals surface area contributed by atoms with Gasteiger partial charge in [0.25, 0.3) is 0 Å². The standard InChI is InChI=1S/C7H7NO3/c8-6(7(9)10)3-5-1-2-11-4-5/h1-4H,8H2,(H,9,10)/b6-3+. The highest BCUT2D eigenvalue weighted by molar-refractivity contribution is 5.90. The van der Waals surface area contributed by atoms with E-state index in [2.05, 4.69) is 0 Å². The molecule has 1 aromatic heterocycles. The Morgan fingerprint density at radius 3 is 2.91 bits per heavy atom. The first-order chi connectivity index (χ1) is 5.20. The fourth-order valence-electron chi connectivity index (χ4n) is 0.598. The zero-order chi connectivity index (χ0) is 8.27. The van der Waals surface area contributed by atoms with Gasteiger partial charge in [0, 0.05) is 5.56 Å². The molecule has 0 fully saturated rings. The van der Waals surface area contributed by atoms with Crippen LogP contribution in [0.25, 0.3) is 6.08 Å². The number of aliphatic carboxylic acids is 1. The largest absolute Gasteiger partial charge is 0.477 e. The third-order valence-corrected chi connectivity index (χ3v) is 1.11. The summed E-state index contributed by atoms with van der Waals surface area (Å²) < 4.78 is 4.70. The summed E-state index contributed by atoms with van der Waals surface area (Å²) in [6.07, 6.45) is 4.18. The fraction of sp³-hybridized carbons (Fsp3) is 0. The Balaban J connectivity index is 2.82. The maximum Gasteiger partial charge on any atom is 0.351 e. The smallest absolute Gasteiger partial charge is 0.351 e. The van der Waals surface area contributed by atoms with Gasteiger partial charge >= 0.3 is 5.97 Å². The van der Waals surface area contributed by atoms with Gasteiger partial charge in [-0.15, -0.1) is 0 Å². The Morgan fingerprint density at radius 1 is 1.73 bits per heavy atom. The average molecular weight is 153 g/mol. The summed E-state index contributed by atoms with van der Waals surface area (Å²) in [5, 5.41) is 8.36. The minimum absolute atomic E-state index is 0.202. The molecule has 0 saturated heterocycles. The maximum atomic E-state index is 10.2. The molecule has 0 aromatic carbocycles. The van der Waals surface area contributed by atoms with Gasteiger partial charge in [0.2, 0.25) is 0 Å². The molecule has 11 heavy (non-hydrogen) atoms. The van der Waals surface area contributed by atoms with Gasteiger partial charge < -0.3 is 15.3 Å². The number of furan rings is 1. The molecular formula is C7H7NO3. The van der Waals surface area contributed by atoms with Gasteiger partial charge in [-0.3, -0.25) is 0 Å². The summed E-state index contributed by atoms with van der Waals surface area (Å²) >= 11 is 0. The lowest BCUT2D eigenvalue weighted by molar-refractivity contribution is -0.132. The SMILES string of the molecule is N/C(=C/c1ccoc1)C(=O)O. The lowest BCUT2D eigenvalue weighted by Crippen LogP contribution is -2.08. The quantitative estimate of drug-likeness (QED) is 0.612. The van der Waals surface area contributed by atoms with Gasteiger partial charge in [0.05, 0.1) is 12.5 Å². The molecule has 0 unspecified atom stereocenters. The second kappa shape index (κ2) is 2.92. The van der Waals surface area contributed by atoms with E-state index in [0.717, 1.165) is 0 Å². The van der Waals surface area contributed by atoms with Crippen molar-refractivity contribution >= 4 is 12.0 Å². The molecule has 1 rings (SSSR count). The van der Waals surface area contributed by atoms with Crippen molar-refractivity contribution in [3.8, 4) is 0 Å². The predicted octanol–water partition coefficient (Wildman–Crippen LogP) is 0.664. The Labute approximate surface area is 62.9 Å². The molecule has 4 nitrogen and oxygen atoms in total. The average Bonchev–Trinajstić information content (AvgIpc) is 2.39. The highest BCUT2D eigenvalue weighted by Gasteiger charge is 2.00. The highest BCUT2D eigenvalue weighted by atomic mass is 16.4. The van der Waals surface area contributed by atoms with Crippen molar-refractivity contribution in [2.75, 3.05) is 0 Å². The molecular weight excluding hydrogens is 146 g/mol. The molecule has 0 saturated carbocycles. The minimum Gasteiger partial charge on any atom is -0.477 e. The van der Waals surface area contributed by atoms with Crippen LogP contribution in [0, 0.1) is 0 Å². The fourth-order valence-corrected chi connectivity index (χ4v) is 0.598. The van der Waals surface area contributed by atoms with Gasteiger partial charge in [0.15, 0.2) is 0 Å². The molecule has 0 aliphatic heterocycles. The van der Waals surface area contributed by atoms with Gasteiger partial charge in [0.1, 0.15) is 5.70 Å². The van der Waals surface area contributed by atoms with E-state index in [4.69, 9.17) is 15.3 Å². The maximum absolute atomic E-state index is 10.2. The molecule has 0 radical (unpaired) electrons. The summed E-state index contributed by atoms with van der Waals surface area (Å²) in [6.45, 7) is 0. The van der Waals surface area contributed by atoms with Crippen molar-refractivity contribution in [1.82, 2.24) is 0 Å². The van der Waals surface area contributed by atoms with Crippen LogP contribution in [-0.4, -0.2) is 11.1 Å². The topological polar surface area (TPSA) is 76.5 Å². The monoisotopic (exact) mass is 153 g/mol. The van der Waals surface area contributed by atoms with Crippen molar-refractivity contribution in [2.24, 2.45) is 5.73 Å². The first-order valence-electron chi connectivity index (χ1n) is 2.93. The first kappa shape index (κ1) is 7.40. The summed E-state index contributed by atoms with van der Waals surface area (Å²) in [5.41, 5.74) is 5.57. The van der Waals surface area contributed by atoms with Gasteiger partial charge in [-0.25, -0.2) is 4.79 Å². The van der Waals surface area contributed by atoms with Crippen molar-refractivity contribution in [3.63, 3.8) is 0 Å². The number of hydrogen-bond acceptors (Lipinski definition) is 3. The number of carboxylic acid groups (broad SMARTS) is 1. The molecule has 0 spiro atoms. The van der Waals surface area contributed by atoms with Crippen molar-refractivity contribution in [1.29, 1.82) is 0 Å². The van der Waals surface area contributed by atoms with Crippen LogP contribution in [0.3, 0.4) is 0 Å². The van der Waals surface area contributed by atoms with Crippen LogP contribution in [0.4, 0.5) is 0 Å². The molecule has 0 amide bonds. The molecule has 0 atom stereocenters. The van der Waals surface area contributed by atoms with E-state index in [9.17, 15) is 4.79 Å². The molecule has 1 aromatic rings. The number of carboxylic acids is 1. The van der Waals surface area contributed by atoms with Crippen molar-refractivity contribution in [2.45, 2.75) is 0 Å². The Hall–Kier alpha value is -1.71. The Kier molecular flexibility index (Phi) is 1.96. The van der Waals surface area contributed by atoms with Crippen molar-refractivity contribution in [3.05, 3.63) is 29.9 Å². The summed E-state index contributed by atoms with van der Waals surface area (Å²) in [6, 6.07) is 1.62. The highest BCUT2D eigenvalue weighted by Crippen LogP contribution is 2.03. The molecule has 0 bridgehead atoms. The lowest BCUT2D eigenvalue weighted by atomic mass is 10.3. The van der Waals surface area contributed by atoms with Crippen LogP contribution in [0.15, 0.2) is 28.7 Å². The third-order valence-electron chi connectivity index (χ3n) is 1.11. The van der Waals surface area contributed by atoms with Gasteiger partial charge in [-0.1, -0.05) is 0 Å². The van der Waals surface area contributed by atoms with Crippen LogP contribution in [0.5, 0.6) is 0 Å². The third kappa shape index (κ3) is 1.86. The van der Waals surface area contributed by atoms with Crippen molar-refractivity contribution < 1.29 is 14.3 Å². The van der Waals surface area contributed by atoms with Gasteiger partial charge in [-0.2, -0.15) is 0 Å². The van der Waals surface area contributed by atoms with E-state index in [1.807, 2.05) is 0 Å². The van der Waals surface area contributed by atoms with E-state index in [-0.39, 0.29) is 5.70 Å². The Morgan fingerprint density at radius 2 is 2.45 bits per heavy atom. The number of rotatable bonds is 2. The van der Waals surface area contributed by atoms with Crippen LogP contribution in [0.2, 0.25) is 0 Å². The number of nitrogens with two attached hydrogens (primary N) is 1. The van der Waals surface area contributed by atoms with Crippen LogP contribution in [0.1, 0.15) is 5.56 Å². The zero-order valence-corrected chi connectivity index (χ0v) is 5.65. The van der Waals surface area contributed by atoms with Crippen LogP contribution in [-0.2, 0) is 4.79 Å². The van der Waals surface area contributed by atoms with E-state index in [1.165, 1.54) is 18.6 Å². The second-order valence-corrected chi connectivity index (χ2v) is 1.96. The first-order valence-corrected chi connectivity index (χ1v) is 2.93. The zero-order valence-electron chi connectivity index (χ0n) is 5.65. The van der Waals surface area contributed by atoms with Crippen LogP contribution < -0.4 is 5.73 Å². The number of carbonyl (C=O) groups is 1. The predicted molar refractivity (Wildman–Crippen MR) is 38.5 cm³/mol. The molecule has 1 heterocycles. The van der Waals surface area contributed by atoms with E-state index in [1.54, 1.807) is 6.07 Å². The van der Waals surface area contributed by atoms with Gasteiger partial charge in [-0.05, 0) is 12.1 Å². The molecule has 58 valence electrons. The summed E-state index contributed by atoms with van der Waals surface area (Å²) in [5.74, 6) is -1.13. The van der Waals surface area contributed by atoms with E-state index < -0.39 is 5.97 Å². The van der Waals surface area contributed by atoms with E-state index in [0.29, 0.717) is 5.56 Å². The summed E-state index contributed by atoms with van der Waals surface area (Å²) in [4.78, 5) is 10.2. The minimum atomic E-state index is -1.13. The molecule has 0 aliphatic carbocycles. The normalized spacial score (nSPS) is 11.5. The molecule has 3 N–H and O–H groups in total. The molecule has 0 aliphatic rings.